The third-order valence-corrected chi connectivity index (χ3v) is 7.34. The highest BCUT2D eigenvalue weighted by Gasteiger charge is 2.25. The topological polar surface area (TPSA) is 95.0 Å². The molecule has 1 saturated heterocycles. The number of amidine groups is 1. The van der Waals surface area contributed by atoms with Gasteiger partial charge in [0.15, 0.2) is 5.82 Å². The number of piperidine rings is 1. The Morgan fingerprint density at radius 1 is 1.24 bits per heavy atom. The molecule has 9 heteroatoms. The van der Waals surface area contributed by atoms with Crippen LogP contribution < -0.4 is 5.32 Å². The number of aromatic nitrogens is 5. The molecule has 3 heterocycles. The van der Waals surface area contributed by atoms with Crippen LogP contribution in [-0.2, 0) is 0 Å². The second kappa shape index (κ2) is 15.1. The quantitative estimate of drug-likeness (QED) is 0.279. The number of allylic oxidation sites excluding steroid dienone is 6. The van der Waals surface area contributed by atoms with Crippen LogP contribution in [0.5, 0.6) is 0 Å². The Kier molecular flexibility index (Phi) is 11.5. The zero-order valence-corrected chi connectivity index (χ0v) is 24.1. The number of likely N-dealkylation sites (tertiary alicyclic amines) is 1. The number of anilines is 1. The minimum absolute atomic E-state index is 0.365. The zero-order valence-electron chi connectivity index (χ0n) is 23.2. The van der Waals surface area contributed by atoms with Crippen molar-refractivity contribution in [1.82, 2.24) is 30.5 Å². The van der Waals surface area contributed by atoms with Gasteiger partial charge in [0.2, 0.25) is 0 Å². The summed E-state index contributed by atoms with van der Waals surface area (Å²) >= 11 is 1.73. The van der Waals surface area contributed by atoms with Gasteiger partial charge in [-0.25, -0.2) is 9.98 Å². The Morgan fingerprint density at radius 3 is 2.68 bits per heavy atom. The summed E-state index contributed by atoms with van der Waals surface area (Å²) in [6.45, 7) is 16.7. The fourth-order valence-corrected chi connectivity index (χ4v) is 5.17. The van der Waals surface area contributed by atoms with Gasteiger partial charge in [-0.2, -0.15) is 5.21 Å². The fraction of sp³-hybridized carbons (Fsp3) is 0.414. The molecule has 2 N–H and O–H groups in total. The van der Waals surface area contributed by atoms with E-state index in [-0.39, 0.29) is 0 Å². The van der Waals surface area contributed by atoms with Gasteiger partial charge in [0.05, 0.1) is 0 Å². The molecule has 4 rings (SSSR count). The molecule has 2 aromatic rings. The van der Waals surface area contributed by atoms with Gasteiger partial charge in [0.1, 0.15) is 11.7 Å². The number of aliphatic imine (C=N–C) groups is 1. The van der Waals surface area contributed by atoms with Crippen molar-refractivity contribution in [2.75, 3.05) is 18.4 Å². The highest BCUT2D eigenvalue weighted by atomic mass is 32.2. The standard InChI is InChI=1S/C27H34N8S.C2H6/c1-5-22-9-10-24(36-19(2)18-29-21(4)30-26-8-6-7-15-28-26)11-12-25(22)20(3)35-16-13-23(14-17-35)27-31-33-34-32-27;1-2/h6-11,15,18,23H,3,5,12-14,16-17H2,1-2,4H3,(H,28,29,30)(H,31,32,33,34);1-2H3/b19-18+;. The summed E-state index contributed by atoms with van der Waals surface area (Å²) in [6, 6.07) is 5.77. The highest BCUT2D eigenvalue weighted by Crippen LogP contribution is 2.35. The molecular formula is C29H40N8S. The van der Waals surface area contributed by atoms with E-state index in [2.05, 4.69) is 79.5 Å². The number of hydrogen-bond donors (Lipinski definition) is 2. The van der Waals surface area contributed by atoms with Crippen molar-refractivity contribution in [3.05, 3.63) is 87.9 Å². The van der Waals surface area contributed by atoms with Crippen molar-refractivity contribution in [3.8, 4) is 0 Å². The smallest absolute Gasteiger partial charge is 0.177 e. The maximum Gasteiger partial charge on any atom is 0.177 e. The van der Waals surface area contributed by atoms with Gasteiger partial charge in [-0.05, 0) is 68.9 Å². The van der Waals surface area contributed by atoms with Gasteiger partial charge >= 0.3 is 0 Å². The monoisotopic (exact) mass is 532 g/mol. The van der Waals surface area contributed by atoms with Crippen molar-refractivity contribution in [1.29, 1.82) is 0 Å². The third kappa shape index (κ3) is 8.28. The van der Waals surface area contributed by atoms with E-state index in [0.717, 1.165) is 66.9 Å². The summed E-state index contributed by atoms with van der Waals surface area (Å²) in [6.07, 6.45) is 14.3. The van der Waals surface area contributed by atoms with Gasteiger partial charge in [-0.1, -0.05) is 62.5 Å². The van der Waals surface area contributed by atoms with Crippen LogP contribution in [0.25, 0.3) is 0 Å². The molecule has 1 aliphatic carbocycles. The largest absolute Gasteiger partial charge is 0.372 e. The van der Waals surface area contributed by atoms with Crippen LogP contribution in [0, 0.1) is 0 Å². The highest BCUT2D eigenvalue weighted by molar-refractivity contribution is 8.06. The summed E-state index contributed by atoms with van der Waals surface area (Å²) in [7, 11) is 0. The van der Waals surface area contributed by atoms with E-state index in [4.69, 9.17) is 0 Å². The number of H-pyrrole nitrogens is 1. The van der Waals surface area contributed by atoms with E-state index in [0.29, 0.717) is 5.92 Å². The molecule has 202 valence electrons. The van der Waals surface area contributed by atoms with Crippen LogP contribution >= 0.6 is 11.8 Å². The molecule has 0 amide bonds. The summed E-state index contributed by atoms with van der Waals surface area (Å²) in [5.41, 5.74) is 3.82. The van der Waals surface area contributed by atoms with Gasteiger partial charge in [-0.15, -0.1) is 10.2 Å². The van der Waals surface area contributed by atoms with Crippen molar-refractivity contribution < 1.29 is 0 Å². The lowest BCUT2D eigenvalue weighted by atomic mass is 9.93. The van der Waals surface area contributed by atoms with E-state index >= 15 is 0 Å². The molecule has 0 aromatic carbocycles. The summed E-state index contributed by atoms with van der Waals surface area (Å²) < 4.78 is 0. The van der Waals surface area contributed by atoms with Crippen molar-refractivity contribution >= 4 is 23.4 Å². The van der Waals surface area contributed by atoms with Crippen LogP contribution in [0.2, 0.25) is 0 Å². The van der Waals surface area contributed by atoms with Crippen LogP contribution in [0.15, 0.2) is 87.0 Å². The van der Waals surface area contributed by atoms with E-state index < -0.39 is 0 Å². The molecule has 0 spiro atoms. The normalized spacial score (nSPS) is 17.0. The number of thioether (sulfide) groups is 1. The first-order valence-electron chi connectivity index (χ1n) is 13.4. The number of hydrogen-bond acceptors (Lipinski definition) is 7. The van der Waals surface area contributed by atoms with Crippen LogP contribution in [-0.4, -0.2) is 49.4 Å². The van der Waals surface area contributed by atoms with Crippen molar-refractivity contribution in [2.24, 2.45) is 4.99 Å². The van der Waals surface area contributed by atoms with Gasteiger partial charge in [-0.3, -0.25) is 0 Å². The van der Waals surface area contributed by atoms with Crippen molar-refractivity contribution in [3.63, 3.8) is 0 Å². The number of nitrogens with zero attached hydrogens (tertiary/aromatic N) is 6. The fourth-order valence-electron chi connectivity index (χ4n) is 4.39. The lowest BCUT2D eigenvalue weighted by Gasteiger charge is -2.35. The number of rotatable bonds is 8. The van der Waals surface area contributed by atoms with Crippen LogP contribution in [0.1, 0.15) is 72.0 Å². The molecule has 1 fully saturated rings. The van der Waals surface area contributed by atoms with E-state index in [9.17, 15) is 0 Å². The first-order valence-corrected chi connectivity index (χ1v) is 14.2. The van der Waals surface area contributed by atoms with Gasteiger partial charge in [0, 0.05) is 46.9 Å². The SMILES string of the molecule is C=C(C1=C(CC)C=CC(S/C(C)=C/N=C(C)Nc2ccccn2)=CC1)N1CCC(c2nn[nH]n2)CC1.CC. The van der Waals surface area contributed by atoms with Crippen LogP contribution in [0.4, 0.5) is 5.82 Å². The zero-order chi connectivity index (χ0) is 27.3. The van der Waals surface area contributed by atoms with E-state index in [1.807, 2.05) is 45.2 Å². The second-order valence-electron chi connectivity index (χ2n) is 8.88. The number of aromatic amines is 1. The van der Waals surface area contributed by atoms with E-state index in [1.165, 1.54) is 16.1 Å². The van der Waals surface area contributed by atoms with Gasteiger partial charge in [0.25, 0.3) is 0 Å². The first-order chi connectivity index (χ1) is 18.5. The first kappa shape index (κ1) is 29.1. The predicted octanol–water partition coefficient (Wildman–Crippen LogP) is 6.99. The Hall–Kier alpha value is -3.46. The minimum atomic E-state index is 0.365. The Bertz CT molecular complexity index is 1180. The molecule has 8 nitrogen and oxygen atoms in total. The summed E-state index contributed by atoms with van der Waals surface area (Å²) in [4.78, 5) is 13.6. The summed E-state index contributed by atoms with van der Waals surface area (Å²) in [5.74, 6) is 2.78. The molecule has 38 heavy (non-hydrogen) atoms. The van der Waals surface area contributed by atoms with Gasteiger partial charge < -0.3 is 10.2 Å². The van der Waals surface area contributed by atoms with Crippen LogP contribution in [0.3, 0.4) is 0 Å². The molecule has 0 radical (unpaired) electrons. The Labute approximate surface area is 231 Å². The molecule has 2 aromatic heterocycles. The minimum Gasteiger partial charge on any atom is -0.372 e. The molecule has 0 bridgehead atoms. The number of tetrazole rings is 1. The molecule has 1 aliphatic heterocycles. The molecule has 2 aliphatic rings. The molecule has 0 atom stereocenters. The lowest BCUT2D eigenvalue weighted by molar-refractivity contribution is 0.262. The average Bonchev–Trinajstić information content (AvgIpc) is 3.42. The summed E-state index contributed by atoms with van der Waals surface area (Å²) in [5, 5.41) is 17.8. The maximum atomic E-state index is 4.55. The maximum absolute atomic E-state index is 4.55. The Balaban J connectivity index is 0.00000195. The predicted molar refractivity (Wildman–Crippen MR) is 160 cm³/mol. The molecular weight excluding hydrogens is 492 g/mol. The third-order valence-electron chi connectivity index (χ3n) is 6.37. The number of pyridine rings is 1. The number of nitrogens with one attached hydrogen (secondary N) is 2. The molecule has 0 unspecified atom stereocenters. The molecule has 0 saturated carbocycles. The average molecular weight is 533 g/mol. The van der Waals surface area contributed by atoms with Crippen molar-refractivity contribution in [2.45, 2.75) is 66.2 Å². The second-order valence-corrected chi connectivity index (χ2v) is 10.2. The lowest BCUT2D eigenvalue weighted by Crippen LogP contribution is -2.33. The van der Waals surface area contributed by atoms with E-state index in [1.54, 1.807) is 18.0 Å². The Morgan fingerprint density at radius 2 is 2.03 bits per heavy atom.